The highest BCUT2D eigenvalue weighted by molar-refractivity contribution is 5.80. The van der Waals surface area contributed by atoms with Crippen molar-refractivity contribution in [3.05, 3.63) is 23.9 Å². The first kappa shape index (κ1) is 27.1. The van der Waals surface area contributed by atoms with E-state index >= 15 is 0 Å². The van der Waals surface area contributed by atoms with Crippen LogP contribution >= 0.6 is 0 Å². The summed E-state index contributed by atoms with van der Waals surface area (Å²) in [5.74, 6) is -2.43. The lowest BCUT2D eigenvalue weighted by molar-refractivity contribution is -0.202. The van der Waals surface area contributed by atoms with Gasteiger partial charge < -0.3 is 14.5 Å². The number of hydrazine groups is 1. The first-order valence-electron chi connectivity index (χ1n) is 12.5. The maximum absolute atomic E-state index is 13.6. The number of halogens is 3. The van der Waals surface area contributed by atoms with E-state index in [0.29, 0.717) is 44.7 Å². The quantitative estimate of drug-likeness (QED) is 0.545. The molecular weight excluding hydrogens is 491 g/mol. The number of rotatable bonds is 7. The molecule has 3 aliphatic rings. The number of pyridine rings is 1. The van der Waals surface area contributed by atoms with Crippen LogP contribution in [0.5, 0.6) is 0 Å². The maximum Gasteiger partial charge on any atom is 0.402 e. The topological polar surface area (TPSA) is 114 Å². The normalized spacial score (nSPS) is 26.0. The summed E-state index contributed by atoms with van der Waals surface area (Å²) in [6.07, 6.45) is -1.92. The Morgan fingerprint density at radius 2 is 2.03 bits per heavy atom. The Morgan fingerprint density at radius 3 is 2.68 bits per heavy atom. The van der Waals surface area contributed by atoms with E-state index in [1.807, 2.05) is 13.0 Å². The highest BCUT2D eigenvalue weighted by Crippen LogP contribution is 2.36. The van der Waals surface area contributed by atoms with Gasteiger partial charge in [0.05, 0.1) is 24.7 Å². The number of nitrogens with zero attached hydrogens (tertiary/aromatic N) is 5. The number of alkyl halides is 3. The van der Waals surface area contributed by atoms with Gasteiger partial charge in [-0.2, -0.15) is 18.4 Å². The summed E-state index contributed by atoms with van der Waals surface area (Å²) in [6, 6.07) is 4.28. The zero-order valence-corrected chi connectivity index (χ0v) is 20.7. The lowest BCUT2D eigenvalue weighted by atomic mass is 9.93. The number of hydrogen-bond acceptors (Lipinski definition) is 8. The van der Waals surface area contributed by atoms with Gasteiger partial charge in [0.2, 0.25) is 11.8 Å². The van der Waals surface area contributed by atoms with Gasteiger partial charge in [-0.05, 0) is 38.4 Å². The van der Waals surface area contributed by atoms with Gasteiger partial charge in [0.15, 0.2) is 5.92 Å². The Kier molecular flexibility index (Phi) is 8.51. The summed E-state index contributed by atoms with van der Waals surface area (Å²) in [7, 11) is 0. The molecule has 4 atom stereocenters. The van der Waals surface area contributed by atoms with E-state index in [1.54, 1.807) is 21.9 Å². The number of likely N-dealkylation sites (tertiary alicyclic amines) is 1. The predicted molar refractivity (Wildman–Crippen MR) is 127 cm³/mol. The second-order valence-corrected chi connectivity index (χ2v) is 9.61. The van der Waals surface area contributed by atoms with Gasteiger partial charge in [0.1, 0.15) is 11.9 Å². The number of ether oxygens (including phenoxy) is 1. The average molecular weight is 524 g/mol. The number of anilines is 1. The summed E-state index contributed by atoms with van der Waals surface area (Å²) < 4.78 is 46.8. The van der Waals surface area contributed by atoms with Crippen LogP contribution < -0.4 is 15.8 Å². The molecule has 2 amide bonds. The van der Waals surface area contributed by atoms with Crippen LogP contribution in [-0.4, -0.2) is 96.8 Å². The van der Waals surface area contributed by atoms with E-state index in [4.69, 9.17) is 10.00 Å². The Balaban J connectivity index is 1.24. The van der Waals surface area contributed by atoms with Crippen LogP contribution in [0, 0.1) is 17.2 Å². The monoisotopic (exact) mass is 523 g/mol. The summed E-state index contributed by atoms with van der Waals surface area (Å²) in [5, 5.41) is 8.90. The smallest absolute Gasteiger partial charge is 0.376 e. The van der Waals surface area contributed by atoms with Crippen molar-refractivity contribution in [2.45, 2.75) is 50.6 Å². The van der Waals surface area contributed by atoms with Crippen LogP contribution in [-0.2, 0) is 14.3 Å². The Morgan fingerprint density at radius 1 is 1.27 bits per heavy atom. The van der Waals surface area contributed by atoms with Crippen molar-refractivity contribution in [2.75, 3.05) is 50.8 Å². The van der Waals surface area contributed by atoms with Crippen LogP contribution in [0.25, 0.3) is 0 Å². The number of nitriles is 1. The number of aromatic nitrogens is 1. The lowest BCUT2D eigenvalue weighted by Gasteiger charge is -2.42. The van der Waals surface area contributed by atoms with Crippen molar-refractivity contribution in [3.63, 3.8) is 0 Å². The van der Waals surface area contributed by atoms with Crippen LogP contribution in [0.2, 0.25) is 0 Å². The summed E-state index contributed by atoms with van der Waals surface area (Å²) in [6.45, 7) is 4.79. The second-order valence-electron chi connectivity index (χ2n) is 9.61. The molecule has 202 valence electrons. The minimum Gasteiger partial charge on any atom is -0.376 e. The van der Waals surface area contributed by atoms with Gasteiger partial charge >= 0.3 is 6.18 Å². The molecule has 37 heavy (non-hydrogen) atoms. The molecule has 0 aliphatic carbocycles. The van der Waals surface area contributed by atoms with Gasteiger partial charge in [0.25, 0.3) is 0 Å². The summed E-state index contributed by atoms with van der Waals surface area (Å²) >= 11 is 0. The van der Waals surface area contributed by atoms with Crippen LogP contribution in [0.4, 0.5) is 19.0 Å². The van der Waals surface area contributed by atoms with Crippen LogP contribution in [0.15, 0.2) is 18.3 Å². The van der Waals surface area contributed by atoms with Gasteiger partial charge in [0, 0.05) is 51.0 Å². The van der Waals surface area contributed by atoms with Crippen molar-refractivity contribution in [2.24, 2.45) is 5.92 Å². The number of nitrogens with one attached hydrogen (secondary N) is 2. The molecule has 3 aliphatic heterocycles. The maximum atomic E-state index is 13.6. The molecule has 0 spiro atoms. The molecular formula is C24H32F3N7O3. The van der Waals surface area contributed by atoms with Gasteiger partial charge in [-0.1, -0.05) is 0 Å². The van der Waals surface area contributed by atoms with Crippen molar-refractivity contribution in [1.82, 2.24) is 25.6 Å². The molecule has 2 unspecified atom stereocenters. The van der Waals surface area contributed by atoms with E-state index in [0.717, 1.165) is 12.2 Å². The Labute approximate surface area is 213 Å². The fourth-order valence-electron chi connectivity index (χ4n) is 5.44. The third kappa shape index (κ3) is 6.31. The number of piperazine rings is 1. The number of amides is 2. The van der Waals surface area contributed by atoms with E-state index in [1.165, 1.54) is 6.20 Å². The summed E-state index contributed by atoms with van der Waals surface area (Å²) in [4.78, 5) is 34.6. The van der Waals surface area contributed by atoms with Crippen molar-refractivity contribution in [3.8, 4) is 6.07 Å². The molecule has 0 bridgehead atoms. The zero-order valence-electron chi connectivity index (χ0n) is 20.7. The Bertz CT molecular complexity index is 993. The van der Waals surface area contributed by atoms with Crippen molar-refractivity contribution >= 4 is 17.6 Å². The zero-order chi connectivity index (χ0) is 26.6. The first-order chi connectivity index (χ1) is 17.7. The Hall–Kier alpha value is -2.95. The average Bonchev–Trinajstić information content (AvgIpc) is 3.38. The fourth-order valence-corrected chi connectivity index (χ4v) is 5.44. The van der Waals surface area contributed by atoms with Crippen LogP contribution in [0.1, 0.15) is 31.7 Å². The minimum atomic E-state index is -4.64. The fraction of sp³-hybridized carbons (Fsp3) is 0.667. The van der Waals surface area contributed by atoms with E-state index in [-0.39, 0.29) is 37.6 Å². The molecule has 0 aromatic carbocycles. The van der Waals surface area contributed by atoms with Gasteiger partial charge in [-0.25, -0.2) is 10.4 Å². The van der Waals surface area contributed by atoms with Gasteiger partial charge in [-0.15, -0.1) is 0 Å². The minimum absolute atomic E-state index is 0.00158. The molecule has 4 heterocycles. The predicted octanol–water partition coefficient (Wildman–Crippen LogP) is 1.04. The van der Waals surface area contributed by atoms with Crippen LogP contribution in [0.3, 0.4) is 0 Å². The SMILES string of the molecule is C[C@@H](OCCC(=O)N1CCN(c2ccc(C#N)cn2)CC1)[C@@H]1CCCN1C1CNNC(=O)C1C(F)(F)F. The second kappa shape index (κ2) is 11.6. The number of carbonyl (C=O) groups excluding carboxylic acids is 2. The molecule has 0 radical (unpaired) electrons. The molecule has 2 N–H and O–H groups in total. The molecule has 4 rings (SSSR count). The molecule has 1 aromatic rings. The molecule has 1 aromatic heterocycles. The van der Waals surface area contributed by atoms with Crippen molar-refractivity contribution in [1.29, 1.82) is 5.26 Å². The summed E-state index contributed by atoms with van der Waals surface area (Å²) in [5.41, 5.74) is 5.18. The third-order valence-corrected chi connectivity index (χ3v) is 7.38. The molecule has 3 saturated heterocycles. The highest BCUT2D eigenvalue weighted by Gasteiger charge is 2.54. The number of hydrogen-bond donors (Lipinski definition) is 2. The van der Waals surface area contributed by atoms with E-state index in [2.05, 4.69) is 20.7 Å². The number of carbonyl (C=O) groups is 2. The van der Waals surface area contributed by atoms with E-state index < -0.39 is 24.0 Å². The van der Waals surface area contributed by atoms with E-state index in [9.17, 15) is 22.8 Å². The lowest BCUT2D eigenvalue weighted by Crippen LogP contribution is -2.65. The molecule has 13 heteroatoms. The van der Waals surface area contributed by atoms with Gasteiger partial charge in [-0.3, -0.25) is 19.9 Å². The third-order valence-electron chi connectivity index (χ3n) is 7.38. The molecule has 3 fully saturated rings. The largest absolute Gasteiger partial charge is 0.402 e. The first-order valence-corrected chi connectivity index (χ1v) is 12.5. The highest BCUT2D eigenvalue weighted by atomic mass is 19.4. The standard InChI is InChI=1S/C24H32F3N7O3/c1-16(18-3-2-7-34(18)19-15-30-31-23(36)22(19)24(25,26)27)37-12-6-21(35)33-10-8-32(9-11-33)20-5-4-17(13-28)14-29-20/h4-5,14,16,18-19,22,30H,2-3,6-12,15H2,1H3,(H,31,36)/t16-,18+,19?,22?/m1/s1. The molecule has 10 nitrogen and oxygen atoms in total. The molecule has 0 saturated carbocycles. The van der Waals surface area contributed by atoms with Crippen molar-refractivity contribution < 1.29 is 27.5 Å².